The first-order chi connectivity index (χ1) is 10.6. The van der Waals surface area contributed by atoms with Gasteiger partial charge in [-0.25, -0.2) is 9.97 Å². The summed E-state index contributed by atoms with van der Waals surface area (Å²) < 4.78 is 5.15. The maximum atomic E-state index is 6.36. The van der Waals surface area contributed by atoms with Gasteiger partial charge in [-0.05, 0) is 41.4 Å². The number of benzene rings is 2. The molecular weight excluding hydrogens is 321 g/mol. The average Bonchev–Trinajstić information content (AvgIpc) is 2.53. The fourth-order valence-electron chi connectivity index (χ4n) is 2.33. The molecule has 2 aromatic carbocycles. The fraction of sp³-hybridized carbons (Fsp3) is 0.125. The predicted octanol–water partition coefficient (Wildman–Crippen LogP) is 3.99. The summed E-state index contributed by atoms with van der Waals surface area (Å²) in [6.07, 6.45) is 0. The Kier molecular flexibility index (Phi) is 4.16. The van der Waals surface area contributed by atoms with E-state index in [0.29, 0.717) is 16.2 Å². The van der Waals surface area contributed by atoms with Crippen LogP contribution >= 0.6 is 23.2 Å². The molecule has 0 amide bonds. The Bertz CT molecular complexity index is 821. The van der Waals surface area contributed by atoms with Crippen LogP contribution in [-0.4, -0.2) is 17.1 Å². The topological polar surface area (TPSA) is 61.0 Å². The van der Waals surface area contributed by atoms with Gasteiger partial charge in [0.05, 0.1) is 29.4 Å². The Morgan fingerprint density at radius 2 is 1.77 bits per heavy atom. The molecule has 4 nitrogen and oxygen atoms in total. The van der Waals surface area contributed by atoms with E-state index in [9.17, 15) is 0 Å². The molecule has 1 aromatic heterocycles. The van der Waals surface area contributed by atoms with Gasteiger partial charge in [-0.2, -0.15) is 0 Å². The molecule has 0 aliphatic heterocycles. The largest absolute Gasteiger partial charge is 0.497 e. The van der Waals surface area contributed by atoms with Crippen LogP contribution in [0.5, 0.6) is 5.75 Å². The van der Waals surface area contributed by atoms with Crippen molar-refractivity contribution in [1.82, 2.24) is 9.97 Å². The molecular formula is C16H13Cl2N3O. The average molecular weight is 334 g/mol. The summed E-state index contributed by atoms with van der Waals surface area (Å²) in [4.78, 5) is 8.49. The molecule has 0 fully saturated rings. The Morgan fingerprint density at radius 3 is 2.45 bits per heavy atom. The summed E-state index contributed by atoms with van der Waals surface area (Å²) in [5, 5.41) is 1.42. The Hall–Kier alpha value is -1.88. The normalized spacial score (nSPS) is 12.4. The molecule has 0 spiro atoms. The van der Waals surface area contributed by atoms with Crippen LogP contribution in [0.25, 0.3) is 10.9 Å². The zero-order chi connectivity index (χ0) is 15.7. The number of nitrogens with two attached hydrogens (primary N) is 1. The molecule has 0 saturated carbocycles. The Balaban J connectivity index is 2.15. The predicted molar refractivity (Wildman–Crippen MR) is 88.6 cm³/mol. The highest BCUT2D eigenvalue weighted by atomic mass is 35.5. The monoisotopic (exact) mass is 333 g/mol. The number of methoxy groups -OCH3 is 1. The maximum Gasteiger partial charge on any atom is 0.223 e. The highest BCUT2D eigenvalue weighted by Gasteiger charge is 2.18. The van der Waals surface area contributed by atoms with Crippen LogP contribution in [0.2, 0.25) is 10.3 Å². The second-order valence-electron chi connectivity index (χ2n) is 4.76. The van der Waals surface area contributed by atoms with Crippen molar-refractivity contribution in [3.05, 3.63) is 64.0 Å². The minimum absolute atomic E-state index is 0.147. The number of rotatable bonds is 3. The molecule has 1 unspecified atom stereocenters. The summed E-state index contributed by atoms with van der Waals surface area (Å²) in [5.41, 5.74) is 8.52. The van der Waals surface area contributed by atoms with Crippen molar-refractivity contribution < 1.29 is 4.74 Å². The van der Waals surface area contributed by atoms with Crippen LogP contribution in [0.4, 0.5) is 0 Å². The van der Waals surface area contributed by atoms with Gasteiger partial charge in [-0.15, -0.1) is 0 Å². The van der Waals surface area contributed by atoms with E-state index in [4.69, 9.17) is 33.7 Å². The van der Waals surface area contributed by atoms with Crippen molar-refractivity contribution in [1.29, 1.82) is 0 Å². The summed E-state index contributed by atoms with van der Waals surface area (Å²) >= 11 is 12.3. The van der Waals surface area contributed by atoms with Crippen molar-refractivity contribution in [2.75, 3.05) is 7.11 Å². The number of aromatic nitrogens is 2. The number of halogens is 2. The molecule has 0 bridgehead atoms. The lowest BCUT2D eigenvalue weighted by Gasteiger charge is -2.15. The molecule has 0 radical (unpaired) electrons. The van der Waals surface area contributed by atoms with Crippen LogP contribution in [0.15, 0.2) is 42.5 Å². The van der Waals surface area contributed by atoms with Crippen LogP contribution in [-0.2, 0) is 0 Å². The molecule has 0 aliphatic carbocycles. The van der Waals surface area contributed by atoms with Crippen molar-refractivity contribution in [3.8, 4) is 5.75 Å². The molecule has 0 aliphatic rings. The maximum absolute atomic E-state index is 6.36. The quantitative estimate of drug-likeness (QED) is 0.736. The standard InChI is InChI=1S/C16H13Cl2N3O/c1-22-10-7-5-9(6-8-10)14(19)15-13-11(17)3-2-4-12(13)20-16(18)21-15/h2-8,14H,19H2,1H3. The van der Waals surface area contributed by atoms with E-state index in [2.05, 4.69) is 9.97 Å². The molecule has 22 heavy (non-hydrogen) atoms. The van der Waals surface area contributed by atoms with Gasteiger partial charge < -0.3 is 10.5 Å². The van der Waals surface area contributed by atoms with Gasteiger partial charge in [0.25, 0.3) is 0 Å². The van der Waals surface area contributed by atoms with Gasteiger partial charge in [0.1, 0.15) is 5.75 Å². The minimum Gasteiger partial charge on any atom is -0.497 e. The molecule has 1 atom stereocenters. The third kappa shape index (κ3) is 2.73. The third-order valence-corrected chi connectivity index (χ3v) is 3.93. The van der Waals surface area contributed by atoms with Gasteiger partial charge in [0.15, 0.2) is 0 Å². The first-order valence-electron chi connectivity index (χ1n) is 6.61. The molecule has 1 heterocycles. The Morgan fingerprint density at radius 1 is 1.05 bits per heavy atom. The highest BCUT2D eigenvalue weighted by molar-refractivity contribution is 6.36. The first kappa shape index (κ1) is 15.0. The van der Waals surface area contributed by atoms with Crippen molar-refractivity contribution >= 4 is 34.1 Å². The molecule has 6 heteroatoms. The van der Waals surface area contributed by atoms with Gasteiger partial charge in [-0.1, -0.05) is 29.8 Å². The summed E-state index contributed by atoms with van der Waals surface area (Å²) in [6.45, 7) is 0. The lowest BCUT2D eigenvalue weighted by atomic mass is 10.0. The first-order valence-corrected chi connectivity index (χ1v) is 7.37. The zero-order valence-corrected chi connectivity index (χ0v) is 13.3. The second-order valence-corrected chi connectivity index (χ2v) is 5.51. The van der Waals surface area contributed by atoms with Gasteiger partial charge in [-0.3, -0.25) is 0 Å². The second kappa shape index (κ2) is 6.08. The number of fused-ring (bicyclic) bond motifs is 1. The molecule has 3 aromatic rings. The van der Waals surface area contributed by atoms with E-state index in [1.807, 2.05) is 36.4 Å². The van der Waals surface area contributed by atoms with Gasteiger partial charge in [0, 0.05) is 5.39 Å². The fourth-order valence-corrected chi connectivity index (χ4v) is 2.78. The van der Waals surface area contributed by atoms with Crippen LogP contribution in [0, 0.1) is 0 Å². The minimum atomic E-state index is -0.464. The van der Waals surface area contributed by atoms with Crippen LogP contribution < -0.4 is 10.5 Å². The molecule has 3 rings (SSSR count). The number of nitrogens with zero attached hydrogens (tertiary/aromatic N) is 2. The van der Waals surface area contributed by atoms with Crippen molar-refractivity contribution in [2.45, 2.75) is 6.04 Å². The summed E-state index contributed by atoms with van der Waals surface area (Å²) in [6, 6.07) is 12.4. The molecule has 112 valence electrons. The Labute approximate surface area is 137 Å². The number of ether oxygens (including phenoxy) is 1. The van der Waals surface area contributed by atoms with E-state index >= 15 is 0 Å². The molecule has 0 saturated heterocycles. The van der Waals surface area contributed by atoms with Gasteiger partial charge in [0.2, 0.25) is 5.28 Å². The SMILES string of the molecule is COc1ccc(C(N)c2nc(Cl)nc3cccc(Cl)c23)cc1. The lowest BCUT2D eigenvalue weighted by Crippen LogP contribution is -2.15. The van der Waals surface area contributed by atoms with Gasteiger partial charge >= 0.3 is 0 Å². The van der Waals surface area contributed by atoms with E-state index in [-0.39, 0.29) is 5.28 Å². The van der Waals surface area contributed by atoms with Crippen LogP contribution in [0.1, 0.15) is 17.3 Å². The van der Waals surface area contributed by atoms with Crippen LogP contribution in [0.3, 0.4) is 0 Å². The van der Waals surface area contributed by atoms with Crippen molar-refractivity contribution in [3.63, 3.8) is 0 Å². The smallest absolute Gasteiger partial charge is 0.223 e. The number of hydrogen-bond donors (Lipinski definition) is 1. The van der Waals surface area contributed by atoms with E-state index in [1.165, 1.54) is 0 Å². The van der Waals surface area contributed by atoms with E-state index < -0.39 is 6.04 Å². The third-order valence-electron chi connectivity index (χ3n) is 3.44. The van der Waals surface area contributed by atoms with E-state index in [1.54, 1.807) is 13.2 Å². The van der Waals surface area contributed by atoms with Crippen molar-refractivity contribution in [2.24, 2.45) is 5.73 Å². The summed E-state index contributed by atoms with van der Waals surface area (Å²) in [5.74, 6) is 0.763. The highest BCUT2D eigenvalue weighted by Crippen LogP contribution is 2.31. The summed E-state index contributed by atoms with van der Waals surface area (Å²) in [7, 11) is 1.62. The lowest BCUT2D eigenvalue weighted by molar-refractivity contribution is 0.414. The van der Waals surface area contributed by atoms with E-state index in [0.717, 1.165) is 16.7 Å². The zero-order valence-electron chi connectivity index (χ0n) is 11.8. The molecule has 2 N–H and O–H groups in total. The number of hydrogen-bond acceptors (Lipinski definition) is 4.